The Morgan fingerprint density at radius 1 is 1.31 bits per heavy atom. The zero-order valence-electron chi connectivity index (χ0n) is 13.7. The minimum Gasteiger partial charge on any atom is -0.411 e. The van der Waals surface area contributed by atoms with E-state index in [0.29, 0.717) is 16.2 Å². The number of benzene rings is 1. The van der Waals surface area contributed by atoms with Crippen molar-refractivity contribution in [1.29, 1.82) is 0 Å². The molecule has 0 saturated carbocycles. The third-order valence-electron chi connectivity index (χ3n) is 3.43. The van der Waals surface area contributed by atoms with Crippen LogP contribution in [0.15, 0.2) is 52.4 Å². The molecule has 4 rings (SSSR count). The van der Waals surface area contributed by atoms with Crippen LogP contribution in [-0.2, 0) is 4.79 Å². The molecule has 1 amide bonds. The molecule has 0 aliphatic carbocycles. The lowest BCUT2D eigenvalue weighted by molar-refractivity contribution is -0.113. The van der Waals surface area contributed by atoms with Crippen LogP contribution in [-0.4, -0.2) is 31.8 Å². The molecule has 7 nitrogen and oxygen atoms in total. The highest BCUT2D eigenvalue weighted by molar-refractivity contribution is 7.99. The molecule has 0 fully saturated rings. The van der Waals surface area contributed by atoms with Gasteiger partial charge in [-0.05, 0) is 36.8 Å². The van der Waals surface area contributed by atoms with Gasteiger partial charge < -0.3 is 9.73 Å². The Balaban J connectivity index is 1.37. The molecule has 4 aromatic rings. The van der Waals surface area contributed by atoms with Crippen molar-refractivity contribution in [1.82, 2.24) is 20.2 Å². The standard InChI is InChI=1S/C17H13N5O2S2/c1-10-4-5-12-13(7-10)26-16(19-12)20-14(23)9-25-17-22-21-15(24-17)11-3-2-6-18-8-11/h2-8H,9H2,1H3,(H,19,20,23). The van der Waals surface area contributed by atoms with Crippen LogP contribution in [0, 0.1) is 6.92 Å². The summed E-state index contributed by atoms with van der Waals surface area (Å²) in [5, 5.41) is 11.6. The fourth-order valence-electron chi connectivity index (χ4n) is 2.24. The van der Waals surface area contributed by atoms with Crippen LogP contribution in [0.2, 0.25) is 0 Å². The van der Waals surface area contributed by atoms with Crippen molar-refractivity contribution in [2.45, 2.75) is 12.1 Å². The maximum Gasteiger partial charge on any atom is 0.277 e. The predicted octanol–water partition coefficient (Wildman–Crippen LogP) is 3.78. The summed E-state index contributed by atoms with van der Waals surface area (Å²) in [7, 11) is 0. The third kappa shape index (κ3) is 3.73. The monoisotopic (exact) mass is 383 g/mol. The van der Waals surface area contributed by atoms with E-state index in [1.807, 2.05) is 25.1 Å². The Bertz CT molecular complexity index is 1060. The number of aryl methyl sites for hydroxylation is 1. The molecule has 3 heterocycles. The van der Waals surface area contributed by atoms with E-state index in [9.17, 15) is 4.79 Å². The Morgan fingerprint density at radius 2 is 2.23 bits per heavy atom. The second kappa shape index (κ2) is 7.22. The highest BCUT2D eigenvalue weighted by Crippen LogP contribution is 2.27. The maximum atomic E-state index is 12.1. The van der Waals surface area contributed by atoms with Gasteiger partial charge in [0.15, 0.2) is 5.13 Å². The van der Waals surface area contributed by atoms with E-state index in [1.54, 1.807) is 18.5 Å². The van der Waals surface area contributed by atoms with Crippen molar-refractivity contribution in [2.24, 2.45) is 0 Å². The van der Waals surface area contributed by atoms with Gasteiger partial charge in [-0.25, -0.2) is 4.98 Å². The number of aromatic nitrogens is 4. The Kier molecular flexibility index (Phi) is 4.63. The number of hydrogen-bond donors (Lipinski definition) is 1. The zero-order valence-corrected chi connectivity index (χ0v) is 15.3. The van der Waals surface area contributed by atoms with Gasteiger partial charge in [-0.2, -0.15) is 0 Å². The van der Waals surface area contributed by atoms with Crippen LogP contribution < -0.4 is 5.32 Å². The van der Waals surface area contributed by atoms with Gasteiger partial charge in [0.05, 0.1) is 21.5 Å². The first-order valence-corrected chi connectivity index (χ1v) is 9.51. The summed E-state index contributed by atoms with van der Waals surface area (Å²) >= 11 is 2.63. The van der Waals surface area contributed by atoms with E-state index >= 15 is 0 Å². The Morgan fingerprint density at radius 3 is 3.08 bits per heavy atom. The number of anilines is 1. The molecule has 1 aromatic carbocycles. The number of amides is 1. The third-order valence-corrected chi connectivity index (χ3v) is 5.18. The van der Waals surface area contributed by atoms with Gasteiger partial charge in [0.25, 0.3) is 5.22 Å². The quantitative estimate of drug-likeness (QED) is 0.524. The van der Waals surface area contributed by atoms with Gasteiger partial charge in [0.2, 0.25) is 11.8 Å². The first kappa shape index (κ1) is 16.7. The van der Waals surface area contributed by atoms with Crippen molar-refractivity contribution >= 4 is 44.4 Å². The summed E-state index contributed by atoms with van der Waals surface area (Å²) in [5.41, 5.74) is 2.78. The second-order valence-electron chi connectivity index (χ2n) is 5.44. The lowest BCUT2D eigenvalue weighted by Crippen LogP contribution is -2.13. The zero-order chi connectivity index (χ0) is 17.9. The number of nitrogens with one attached hydrogen (secondary N) is 1. The molecule has 0 spiro atoms. The number of carbonyl (C=O) groups is 1. The molecule has 0 saturated heterocycles. The number of rotatable bonds is 5. The van der Waals surface area contributed by atoms with Crippen LogP contribution in [0.25, 0.3) is 21.7 Å². The van der Waals surface area contributed by atoms with Crippen molar-refractivity contribution < 1.29 is 9.21 Å². The number of thiazole rings is 1. The van der Waals surface area contributed by atoms with Crippen molar-refractivity contribution in [3.05, 3.63) is 48.3 Å². The van der Waals surface area contributed by atoms with E-state index in [-0.39, 0.29) is 11.7 Å². The van der Waals surface area contributed by atoms with Gasteiger partial charge >= 0.3 is 0 Å². The first-order valence-electron chi connectivity index (χ1n) is 7.71. The highest BCUT2D eigenvalue weighted by atomic mass is 32.2. The lowest BCUT2D eigenvalue weighted by Gasteiger charge is -1.98. The average molecular weight is 383 g/mol. The number of pyridine rings is 1. The van der Waals surface area contributed by atoms with Crippen molar-refractivity contribution in [3.63, 3.8) is 0 Å². The first-order chi connectivity index (χ1) is 12.7. The van der Waals surface area contributed by atoms with E-state index < -0.39 is 0 Å². The summed E-state index contributed by atoms with van der Waals surface area (Å²) in [6.45, 7) is 2.03. The molecule has 0 aliphatic rings. The van der Waals surface area contributed by atoms with Gasteiger partial charge in [-0.3, -0.25) is 9.78 Å². The van der Waals surface area contributed by atoms with Gasteiger partial charge in [-0.1, -0.05) is 29.2 Å². The summed E-state index contributed by atoms with van der Waals surface area (Å²) in [5.74, 6) is 0.360. The maximum absolute atomic E-state index is 12.1. The predicted molar refractivity (Wildman–Crippen MR) is 101 cm³/mol. The van der Waals surface area contributed by atoms with Crippen LogP contribution in [0.5, 0.6) is 0 Å². The highest BCUT2D eigenvalue weighted by Gasteiger charge is 2.13. The van der Waals surface area contributed by atoms with Crippen LogP contribution in [0.4, 0.5) is 5.13 Å². The summed E-state index contributed by atoms with van der Waals surface area (Å²) in [6.07, 6.45) is 3.31. The largest absolute Gasteiger partial charge is 0.411 e. The summed E-state index contributed by atoms with van der Waals surface area (Å²) in [4.78, 5) is 20.6. The molecular formula is C17H13N5O2S2. The Hall–Kier alpha value is -2.78. The van der Waals surface area contributed by atoms with Crippen molar-refractivity contribution in [3.8, 4) is 11.5 Å². The Labute approximate surface area is 156 Å². The van der Waals surface area contributed by atoms with Gasteiger partial charge in [0.1, 0.15) is 0 Å². The number of thioether (sulfide) groups is 1. The molecule has 26 heavy (non-hydrogen) atoms. The summed E-state index contributed by atoms with van der Waals surface area (Å²) < 4.78 is 6.59. The van der Waals surface area contributed by atoms with E-state index in [4.69, 9.17) is 4.42 Å². The fourth-order valence-corrected chi connectivity index (χ4v) is 3.79. The minimum absolute atomic E-state index is 0.156. The topological polar surface area (TPSA) is 93.8 Å². The minimum atomic E-state index is -0.174. The average Bonchev–Trinajstić information content (AvgIpc) is 3.27. The van der Waals surface area contributed by atoms with Crippen molar-refractivity contribution in [2.75, 3.05) is 11.1 Å². The van der Waals surface area contributed by atoms with Crippen LogP contribution >= 0.6 is 23.1 Å². The lowest BCUT2D eigenvalue weighted by atomic mass is 10.2. The molecule has 0 bridgehead atoms. The smallest absolute Gasteiger partial charge is 0.277 e. The van der Waals surface area contributed by atoms with E-state index in [2.05, 4.69) is 31.5 Å². The molecule has 1 N–H and O–H groups in total. The molecule has 0 aliphatic heterocycles. The molecule has 0 unspecified atom stereocenters. The number of fused-ring (bicyclic) bond motifs is 1. The van der Waals surface area contributed by atoms with E-state index in [1.165, 1.54) is 23.1 Å². The van der Waals surface area contributed by atoms with Gasteiger partial charge in [0, 0.05) is 12.4 Å². The SMILES string of the molecule is Cc1ccc2nc(NC(=O)CSc3nnc(-c4cccnc4)o3)sc2c1. The number of carbonyl (C=O) groups excluding carboxylic acids is 1. The fraction of sp³-hybridized carbons (Fsp3) is 0.118. The number of nitrogens with zero attached hydrogens (tertiary/aromatic N) is 4. The van der Waals surface area contributed by atoms with Gasteiger partial charge in [-0.15, -0.1) is 10.2 Å². The molecular weight excluding hydrogens is 370 g/mol. The second-order valence-corrected chi connectivity index (χ2v) is 7.40. The molecule has 0 radical (unpaired) electrons. The normalized spacial score (nSPS) is 11.0. The summed E-state index contributed by atoms with van der Waals surface area (Å²) in [6, 6.07) is 9.62. The van der Waals surface area contributed by atoms with E-state index in [0.717, 1.165) is 21.3 Å². The van der Waals surface area contributed by atoms with Crippen LogP contribution in [0.1, 0.15) is 5.56 Å². The molecule has 9 heteroatoms. The van der Waals surface area contributed by atoms with Crippen LogP contribution in [0.3, 0.4) is 0 Å². The molecule has 130 valence electrons. The number of hydrogen-bond acceptors (Lipinski definition) is 8. The molecule has 3 aromatic heterocycles. The molecule has 0 atom stereocenters.